The van der Waals surface area contributed by atoms with Gasteiger partial charge in [-0.25, -0.2) is 13.1 Å². The highest BCUT2D eigenvalue weighted by molar-refractivity contribution is 7.89. The van der Waals surface area contributed by atoms with Gasteiger partial charge in [0.1, 0.15) is 5.75 Å². The molecule has 0 spiro atoms. The Bertz CT molecular complexity index is 1250. The van der Waals surface area contributed by atoms with Gasteiger partial charge in [0.05, 0.1) is 17.6 Å². The fourth-order valence-electron chi connectivity index (χ4n) is 5.52. The molecule has 3 aromatic carbocycles. The monoisotopic (exact) mass is 508 g/mol. The van der Waals surface area contributed by atoms with Crippen molar-refractivity contribution in [3.05, 3.63) is 96.1 Å². The van der Waals surface area contributed by atoms with Gasteiger partial charge in [-0.05, 0) is 75.2 Å². The summed E-state index contributed by atoms with van der Waals surface area (Å²) in [6.07, 6.45) is 1.94. The van der Waals surface area contributed by atoms with Crippen LogP contribution >= 0.6 is 0 Å². The molecule has 0 aliphatic heterocycles. The van der Waals surface area contributed by atoms with Gasteiger partial charge in [-0.3, -0.25) is 0 Å². The number of hydrogen-bond donors (Lipinski definition) is 2. The van der Waals surface area contributed by atoms with Gasteiger partial charge in [-0.2, -0.15) is 0 Å². The summed E-state index contributed by atoms with van der Waals surface area (Å²) in [5, 5.41) is 12.1. The molecule has 0 aromatic heterocycles. The van der Waals surface area contributed by atoms with Gasteiger partial charge in [-0.15, -0.1) is 0 Å². The van der Waals surface area contributed by atoms with Crippen molar-refractivity contribution in [2.45, 2.75) is 41.7 Å². The van der Waals surface area contributed by atoms with E-state index >= 15 is 0 Å². The minimum atomic E-state index is -3.77. The van der Waals surface area contributed by atoms with Gasteiger partial charge in [0.2, 0.25) is 10.0 Å². The van der Waals surface area contributed by atoms with E-state index in [4.69, 9.17) is 4.74 Å². The Labute approximate surface area is 215 Å². The molecule has 0 saturated heterocycles. The Hall–Kier alpha value is -2.71. The Morgan fingerprint density at radius 2 is 1.64 bits per heavy atom. The normalized spacial score (nSPS) is 24.5. The van der Waals surface area contributed by atoms with Crippen LogP contribution in [0.5, 0.6) is 5.75 Å². The molecule has 1 aliphatic rings. The molecule has 3 aromatic rings. The van der Waals surface area contributed by atoms with E-state index in [1.807, 2.05) is 68.7 Å². The smallest absolute Gasteiger partial charge is 0.241 e. The van der Waals surface area contributed by atoms with Crippen molar-refractivity contribution in [3.8, 4) is 5.75 Å². The lowest BCUT2D eigenvalue weighted by molar-refractivity contribution is -0.0828. The third kappa shape index (κ3) is 5.81. The largest absolute Gasteiger partial charge is 0.497 e. The van der Waals surface area contributed by atoms with E-state index in [1.54, 1.807) is 37.4 Å². The van der Waals surface area contributed by atoms with E-state index in [0.29, 0.717) is 38.0 Å². The van der Waals surface area contributed by atoms with Crippen LogP contribution in [0.1, 0.15) is 30.4 Å². The highest BCUT2D eigenvalue weighted by Gasteiger charge is 2.51. The molecule has 6 nitrogen and oxygen atoms in total. The number of nitrogens with zero attached hydrogens (tertiary/aromatic N) is 1. The average molecular weight is 509 g/mol. The van der Waals surface area contributed by atoms with Crippen molar-refractivity contribution in [1.82, 2.24) is 9.62 Å². The van der Waals surface area contributed by atoms with Crippen molar-refractivity contribution in [3.63, 3.8) is 0 Å². The zero-order valence-corrected chi connectivity index (χ0v) is 22.0. The molecular weight excluding hydrogens is 472 g/mol. The van der Waals surface area contributed by atoms with E-state index in [-0.39, 0.29) is 10.8 Å². The molecule has 7 heteroatoms. The second kappa shape index (κ2) is 10.7. The molecule has 3 unspecified atom stereocenters. The predicted octanol–water partition coefficient (Wildman–Crippen LogP) is 4.20. The Morgan fingerprint density at radius 1 is 0.972 bits per heavy atom. The maximum atomic E-state index is 13.5. The fourth-order valence-corrected chi connectivity index (χ4v) is 6.99. The van der Waals surface area contributed by atoms with E-state index in [2.05, 4.69) is 9.62 Å². The quantitative estimate of drug-likeness (QED) is 0.453. The van der Waals surface area contributed by atoms with Crippen LogP contribution in [0.25, 0.3) is 0 Å². The van der Waals surface area contributed by atoms with E-state index in [9.17, 15) is 13.5 Å². The van der Waals surface area contributed by atoms with Crippen LogP contribution in [-0.2, 0) is 22.0 Å². The van der Waals surface area contributed by atoms with Crippen LogP contribution in [0.3, 0.4) is 0 Å². The van der Waals surface area contributed by atoms with Gasteiger partial charge < -0.3 is 14.7 Å². The molecule has 0 heterocycles. The standard InChI is InChI=1S/C29H36N2O4S/c1-31(2)22-25-21-28(20-23-11-6-4-7-12-23,30-36(33,34)27-15-8-5-9-16-27)17-18-29(25,32)24-13-10-14-26(19-24)35-3/h4-16,19,25,30,32H,17-18,20-22H2,1-3H3. The maximum absolute atomic E-state index is 13.5. The molecule has 4 rings (SSSR count). The Morgan fingerprint density at radius 3 is 2.28 bits per heavy atom. The number of benzene rings is 3. The first-order valence-electron chi connectivity index (χ1n) is 12.3. The Kier molecular flexibility index (Phi) is 7.85. The topological polar surface area (TPSA) is 78.9 Å². The van der Waals surface area contributed by atoms with Crippen LogP contribution in [0.4, 0.5) is 0 Å². The summed E-state index contributed by atoms with van der Waals surface area (Å²) < 4.78 is 35.6. The van der Waals surface area contributed by atoms with Crippen molar-refractivity contribution < 1.29 is 18.3 Å². The molecule has 3 atom stereocenters. The number of hydrogen-bond acceptors (Lipinski definition) is 5. The van der Waals surface area contributed by atoms with Gasteiger partial charge in [0.25, 0.3) is 0 Å². The number of rotatable bonds is 9. The summed E-state index contributed by atoms with van der Waals surface area (Å²) in [7, 11) is 1.81. The number of nitrogens with one attached hydrogen (secondary N) is 1. The molecule has 1 fully saturated rings. The lowest BCUT2D eigenvalue weighted by atomic mass is 9.63. The highest BCUT2D eigenvalue weighted by Crippen LogP contribution is 2.48. The van der Waals surface area contributed by atoms with E-state index in [0.717, 1.165) is 11.1 Å². The summed E-state index contributed by atoms with van der Waals surface area (Å²) >= 11 is 0. The van der Waals surface area contributed by atoms with E-state index in [1.165, 1.54) is 0 Å². The van der Waals surface area contributed by atoms with Gasteiger partial charge in [0, 0.05) is 18.0 Å². The maximum Gasteiger partial charge on any atom is 0.241 e. The van der Waals surface area contributed by atoms with Crippen molar-refractivity contribution >= 4 is 10.0 Å². The van der Waals surface area contributed by atoms with Crippen LogP contribution < -0.4 is 9.46 Å². The first kappa shape index (κ1) is 26.4. The number of aliphatic hydroxyl groups is 1. The van der Waals surface area contributed by atoms with Crippen molar-refractivity contribution in [2.24, 2.45) is 5.92 Å². The second-order valence-corrected chi connectivity index (χ2v) is 11.9. The zero-order chi connectivity index (χ0) is 25.8. The van der Waals surface area contributed by atoms with Crippen LogP contribution in [-0.4, -0.2) is 51.7 Å². The molecule has 0 bridgehead atoms. The van der Waals surface area contributed by atoms with Crippen LogP contribution in [0.2, 0.25) is 0 Å². The van der Waals surface area contributed by atoms with Crippen LogP contribution in [0.15, 0.2) is 89.8 Å². The molecule has 2 N–H and O–H groups in total. The van der Waals surface area contributed by atoms with Crippen molar-refractivity contribution in [2.75, 3.05) is 27.7 Å². The number of methoxy groups -OCH3 is 1. The van der Waals surface area contributed by atoms with Gasteiger partial charge >= 0.3 is 0 Å². The third-order valence-electron chi connectivity index (χ3n) is 7.24. The van der Waals surface area contributed by atoms with Gasteiger partial charge in [-0.1, -0.05) is 60.7 Å². The van der Waals surface area contributed by atoms with Gasteiger partial charge in [0.15, 0.2) is 0 Å². The lowest BCUT2D eigenvalue weighted by Crippen LogP contribution is -2.59. The number of ether oxygens (including phenoxy) is 1. The molecule has 1 saturated carbocycles. The minimum absolute atomic E-state index is 0.212. The predicted molar refractivity (Wildman–Crippen MR) is 142 cm³/mol. The summed E-state index contributed by atoms with van der Waals surface area (Å²) in [5.41, 5.74) is -0.00414. The highest BCUT2D eigenvalue weighted by atomic mass is 32.2. The zero-order valence-electron chi connectivity index (χ0n) is 21.2. The second-order valence-electron chi connectivity index (χ2n) is 10.2. The minimum Gasteiger partial charge on any atom is -0.497 e. The first-order chi connectivity index (χ1) is 17.2. The molecule has 36 heavy (non-hydrogen) atoms. The molecule has 1 aliphatic carbocycles. The number of sulfonamides is 1. The van der Waals surface area contributed by atoms with Crippen molar-refractivity contribution in [1.29, 1.82) is 0 Å². The summed E-state index contributed by atoms with van der Waals surface area (Å²) in [5.74, 6) is 0.478. The Balaban J connectivity index is 1.75. The van der Waals surface area contributed by atoms with E-state index < -0.39 is 21.2 Å². The first-order valence-corrected chi connectivity index (χ1v) is 13.8. The molecule has 192 valence electrons. The molecule has 0 radical (unpaired) electrons. The summed E-state index contributed by atoms with van der Waals surface area (Å²) in [6.45, 7) is 0.608. The average Bonchev–Trinajstić information content (AvgIpc) is 2.87. The summed E-state index contributed by atoms with van der Waals surface area (Å²) in [4.78, 5) is 2.30. The fraction of sp³-hybridized carbons (Fsp3) is 0.379. The molecule has 0 amide bonds. The third-order valence-corrected chi connectivity index (χ3v) is 8.84. The molecular formula is C29H36N2O4S. The van der Waals surface area contributed by atoms with Crippen LogP contribution in [0, 0.1) is 5.92 Å². The summed E-state index contributed by atoms with van der Waals surface area (Å²) in [6, 6.07) is 26.1. The lowest BCUT2D eigenvalue weighted by Gasteiger charge is -2.50. The SMILES string of the molecule is COc1cccc(C2(O)CCC(Cc3ccccc3)(NS(=O)(=O)c3ccccc3)CC2CN(C)C)c1.